The summed E-state index contributed by atoms with van der Waals surface area (Å²) in [6.07, 6.45) is 10.5. The summed E-state index contributed by atoms with van der Waals surface area (Å²) in [5.74, 6) is 0. The van der Waals surface area contributed by atoms with Crippen molar-refractivity contribution >= 4 is 0 Å². The van der Waals surface area contributed by atoms with Gasteiger partial charge in [-0.3, -0.25) is 4.90 Å². The molecule has 1 fully saturated rings. The van der Waals surface area contributed by atoms with Crippen LogP contribution in [0.3, 0.4) is 0 Å². The molecule has 0 aromatic rings. The first-order valence-corrected chi connectivity index (χ1v) is 6.40. The quantitative estimate of drug-likeness (QED) is 0.483. The summed E-state index contributed by atoms with van der Waals surface area (Å²) in [7, 11) is 0. The molecular weight excluding hydrogens is 194 g/mol. The maximum atomic E-state index is 3.93. The molecule has 0 saturated carbocycles. The number of hydrogen-bond acceptors (Lipinski definition) is 1. The standard InChI is InChI=1S/C15H25N/c1-4-14(2)9-8-10-15(3)13-16-11-6-5-7-12-16/h4,10H,1-2,5-9,11-13H2,3H3/b15-10+. The fraction of sp³-hybridized carbons (Fsp3) is 0.600. The molecule has 0 spiro atoms. The first-order valence-electron chi connectivity index (χ1n) is 6.40. The number of hydrogen-bond donors (Lipinski definition) is 0. The second-order valence-corrected chi connectivity index (χ2v) is 4.79. The average Bonchev–Trinajstić information content (AvgIpc) is 2.30. The predicted octanol–water partition coefficient (Wildman–Crippen LogP) is 3.94. The van der Waals surface area contributed by atoms with E-state index in [1.165, 1.54) is 37.9 Å². The Bertz CT molecular complexity index is 257. The molecule has 0 aromatic carbocycles. The van der Waals surface area contributed by atoms with Gasteiger partial charge in [0.15, 0.2) is 0 Å². The molecule has 90 valence electrons. The highest BCUT2D eigenvalue weighted by molar-refractivity contribution is 5.12. The van der Waals surface area contributed by atoms with Crippen molar-refractivity contribution in [3.05, 3.63) is 36.5 Å². The van der Waals surface area contributed by atoms with Gasteiger partial charge in [0.25, 0.3) is 0 Å². The maximum absolute atomic E-state index is 3.93. The summed E-state index contributed by atoms with van der Waals surface area (Å²) in [6.45, 7) is 13.6. The van der Waals surface area contributed by atoms with Gasteiger partial charge in [0.2, 0.25) is 0 Å². The Morgan fingerprint density at radius 1 is 1.25 bits per heavy atom. The van der Waals surface area contributed by atoms with Crippen LogP contribution in [0, 0.1) is 0 Å². The van der Waals surface area contributed by atoms with Crippen LogP contribution >= 0.6 is 0 Å². The Morgan fingerprint density at radius 3 is 2.56 bits per heavy atom. The monoisotopic (exact) mass is 219 g/mol. The fourth-order valence-electron chi connectivity index (χ4n) is 2.14. The van der Waals surface area contributed by atoms with Crippen molar-refractivity contribution in [2.24, 2.45) is 0 Å². The van der Waals surface area contributed by atoms with Crippen LogP contribution in [0.25, 0.3) is 0 Å². The van der Waals surface area contributed by atoms with Crippen LogP contribution in [0.1, 0.15) is 39.0 Å². The Labute approximate surface area is 101 Å². The zero-order valence-corrected chi connectivity index (χ0v) is 10.7. The lowest BCUT2D eigenvalue weighted by molar-refractivity contribution is 0.246. The lowest BCUT2D eigenvalue weighted by Crippen LogP contribution is -2.31. The molecule has 0 bridgehead atoms. The Kier molecular flexibility index (Phi) is 6.17. The van der Waals surface area contributed by atoms with E-state index in [4.69, 9.17) is 0 Å². The minimum Gasteiger partial charge on any atom is -0.299 e. The number of likely N-dealkylation sites (tertiary alicyclic amines) is 1. The minimum absolute atomic E-state index is 1.04. The number of piperidine rings is 1. The molecule has 0 unspecified atom stereocenters. The Hall–Kier alpha value is -0.820. The van der Waals surface area contributed by atoms with Gasteiger partial charge in [-0.25, -0.2) is 0 Å². The van der Waals surface area contributed by atoms with Crippen LogP contribution in [0.2, 0.25) is 0 Å². The molecule has 16 heavy (non-hydrogen) atoms. The van der Waals surface area contributed by atoms with Crippen LogP contribution in [-0.4, -0.2) is 24.5 Å². The maximum Gasteiger partial charge on any atom is 0.0190 e. The zero-order chi connectivity index (χ0) is 11.8. The number of rotatable bonds is 6. The summed E-state index contributed by atoms with van der Waals surface area (Å²) in [4.78, 5) is 2.57. The van der Waals surface area contributed by atoms with Crippen LogP contribution in [0.4, 0.5) is 0 Å². The third-order valence-corrected chi connectivity index (χ3v) is 3.17. The van der Waals surface area contributed by atoms with E-state index in [-0.39, 0.29) is 0 Å². The van der Waals surface area contributed by atoms with Crippen molar-refractivity contribution in [1.29, 1.82) is 0 Å². The third kappa shape index (κ3) is 5.32. The van der Waals surface area contributed by atoms with E-state index < -0.39 is 0 Å². The first kappa shape index (κ1) is 13.2. The van der Waals surface area contributed by atoms with Crippen molar-refractivity contribution in [3.63, 3.8) is 0 Å². The summed E-state index contributed by atoms with van der Waals surface area (Å²) < 4.78 is 0. The summed E-state index contributed by atoms with van der Waals surface area (Å²) >= 11 is 0. The summed E-state index contributed by atoms with van der Waals surface area (Å²) in [5.41, 5.74) is 2.64. The van der Waals surface area contributed by atoms with Gasteiger partial charge in [-0.2, -0.15) is 0 Å². The van der Waals surface area contributed by atoms with Crippen LogP contribution in [-0.2, 0) is 0 Å². The van der Waals surface area contributed by atoms with Crippen molar-refractivity contribution < 1.29 is 0 Å². The molecule has 0 radical (unpaired) electrons. The van der Waals surface area contributed by atoms with Gasteiger partial charge < -0.3 is 0 Å². The van der Waals surface area contributed by atoms with Gasteiger partial charge in [-0.15, -0.1) is 0 Å². The van der Waals surface area contributed by atoms with Gasteiger partial charge in [0, 0.05) is 6.54 Å². The molecule has 1 aliphatic rings. The highest BCUT2D eigenvalue weighted by Gasteiger charge is 2.09. The number of nitrogens with zero attached hydrogens (tertiary/aromatic N) is 1. The average molecular weight is 219 g/mol. The van der Waals surface area contributed by atoms with E-state index in [2.05, 4.69) is 31.1 Å². The molecule has 1 heterocycles. The molecule has 1 heteroatoms. The van der Waals surface area contributed by atoms with Crippen LogP contribution < -0.4 is 0 Å². The molecule has 0 aromatic heterocycles. The van der Waals surface area contributed by atoms with Crippen molar-refractivity contribution in [2.45, 2.75) is 39.0 Å². The molecule has 0 N–H and O–H groups in total. The van der Waals surface area contributed by atoms with Crippen molar-refractivity contribution in [2.75, 3.05) is 19.6 Å². The number of allylic oxidation sites excluding steroid dienone is 3. The predicted molar refractivity (Wildman–Crippen MR) is 72.6 cm³/mol. The van der Waals surface area contributed by atoms with E-state index >= 15 is 0 Å². The van der Waals surface area contributed by atoms with Gasteiger partial charge >= 0.3 is 0 Å². The van der Waals surface area contributed by atoms with E-state index in [9.17, 15) is 0 Å². The lowest BCUT2D eigenvalue weighted by Gasteiger charge is -2.26. The molecule has 0 aliphatic carbocycles. The summed E-state index contributed by atoms with van der Waals surface area (Å²) in [6, 6.07) is 0. The molecule has 0 atom stereocenters. The topological polar surface area (TPSA) is 3.24 Å². The second-order valence-electron chi connectivity index (χ2n) is 4.79. The summed E-state index contributed by atoms with van der Waals surface area (Å²) in [5, 5.41) is 0. The van der Waals surface area contributed by atoms with Crippen molar-refractivity contribution in [1.82, 2.24) is 4.90 Å². The minimum atomic E-state index is 1.04. The molecule has 1 nitrogen and oxygen atoms in total. The van der Waals surface area contributed by atoms with Gasteiger partial charge in [-0.1, -0.05) is 42.9 Å². The van der Waals surface area contributed by atoms with E-state index in [1.807, 2.05) is 6.08 Å². The lowest BCUT2D eigenvalue weighted by atomic mass is 10.1. The molecular formula is C15H25N. The Balaban J connectivity index is 2.21. The highest BCUT2D eigenvalue weighted by atomic mass is 15.1. The van der Waals surface area contributed by atoms with E-state index in [0.29, 0.717) is 0 Å². The normalized spacial score (nSPS) is 18.4. The second kappa shape index (κ2) is 7.45. The zero-order valence-electron chi connectivity index (χ0n) is 10.7. The molecule has 1 saturated heterocycles. The van der Waals surface area contributed by atoms with Gasteiger partial charge in [0.1, 0.15) is 0 Å². The van der Waals surface area contributed by atoms with E-state index in [1.54, 1.807) is 0 Å². The third-order valence-electron chi connectivity index (χ3n) is 3.17. The molecule has 1 aliphatic heterocycles. The SMILES string of the molecule is C=CC(=C)CC/C=C(\C)CN1CCCCC1. The smallest absolute Gasteiger partial charge is 0.0190 e. The molecule has 0 amide bonds. The first-order chi connectivity index (χ1) is 7.72. The largest absolute Gasteiger partial charge is 0.299 e. The van der Waals surface area contributed by atoms with Crippen molar-refractivity contribution in [3.8, 4) is 0 Å². The fourth-order valence-corrected chi connectivity index (χ4v) is 2.14. The van der Waals surface area contributed by atoms with E-state index in [0.717, 1.165) is 25.0 Å². The van der Waals surface area contributed by atoms with Crippen LogP contribution in [0.15, 0.2) is 36.5 Å². The van der Waals surface area contributed by atoms with Gasteiger partial charge in [0.05, 0.1) is 0 Å². The highest BCUT2D eigenvalue weighted by Crippen LogP contribution is 2.12. The molecule has 1 rings (SSSR count). The van der Waals surface area contributed by atoms with Gasteiger partial charge in [-0.05, 0) is 45.7 Å². The Morgan fingerprint density at radius 2 is 1.94 bits per heavy atom. The van der Waals surface area contributed by atoms with Crippen LogP contribution in [0.5, 0.6) is 0 Å².